The number of anilines is 1. The molecule has 1 aromatic heterocycles. The second-order valence-electron chi connectivity index (χ2n) is 6.36. The van der Waals surface area contributed by atoms with Crippen molar-refractivity contribution in [1.29, 1.82) is 0 Å². The molecule has 0 radical (unpaired) electrons. The van der Waals surface area contributed by atoms with Gasteiger partial charge in [-0.15, -0.1) is 0 Å². The van der Waals surface area contributed by atoms with E-state index in [9.17, 15) is 4.79 Å². The van der Waals surface area contributed by atoms with Crippen LogP contribution in [0.2, 0.25) is 0 Å². The quantitative estimate of drug-likeness (QED) is 0.701. The maximum atomic E-state index is 12.0. The van der Waals surface area contributed by atoms with Crippen molar-refractivity contribution in [2.24, 2.45) is 0 Å². The van der Waals surface area contributed by atoms with Crippen molar-refractivity contribution < 1.29 is 13.9 Å². The summed E-state index contributed by atoms with van der Waals surface area (Å²) in [4.78, 5) is 18.4. The zero-order valence-corrected chi connectivity index (χ0v) is 15.9. The first kappa shape index (κ1) is 17.9. The van der Waals surface area contributed by atoms with E-state index in [1.807, 2.05) is 60.5 Å². The number of ether oxygens (including phenoxy) is 1. The average molecular weight is 383 g/mol. The molecule has 7 heteroatoms. The predicted octanol–water partition coefficient (Wildman–Crippen LogP) is 3.25. The van der Waals surface area contributed by atoms with Crippen LogP contribution in [-0.2, 0) is 4.79 Å². The Morgan fingerprint density at radius 1 is 1.26 bits per heavy atom. The van der Waals surface area contributed by atoms with Gasteiger partial charge in [0.15, 0.2) is 5.58 Å². The van der Waals surface area contributed by atoms with E-state index in [1.165, 1.54) is 11.8 Å². The first-order chi connectivity index (χ1) is 13.2. The summed E-state index contributed by atoms with van der Waals surface area (Å²) in [5.41, 5.74) is 2.60. The summed E-state index contributed by atoms with van der Waals surface area (Å²) < 4.78 is 11.6. The van der Waals surface area contributed by atoms with Gasteiger partial charge in [0.2, 0.25) is 5.12 Å². The topological polar surface area (TPSA) is 67.6 Å². The van der Waals surface area contributed by atoms with E-state index in [0.29, 0.717) is 19.2 Å². The normalized spacial score (nSPS) is 17.2. The molecule has 2 heterocycles. The van der Waals surface area contributed by atoms with E-state index in [-0.39, 0.29) is 11.2 Å². The van der Waals surface area contributed by atoms with Crippen molar-refractivity contribution in [3.8, 4) is 5.75 Å². The van der Waals surface area contributed by atoms with Crippen molar-refractivity contribution in [2.45, 2.75) is 6.04 Å². The van der Waals surface area contributed by atoms with E-state index in [1.54, 1.807) is 0 Å². The molecular formula is C20H21N3O3S. The molecule has 0 saturated carbocycles. The highest BCUT2D eigenvalue weighted by molar-refractivity contribution is 8.13. The summed E-state index contributed by atoms with van der Waals surface area (Å²) >= 11 is 1.39. The van der Waals surface area contributed by atoms with Crippen LogP contribution in [-0.4, -0.2) is 42.6 Å². The third kappa shape index (κ3) is 4.09. The number of para-hydroxylation sites is 2. The van der Waals surface area contributed by atoms with Crippen LogP contribution in [0.4, 0.5) is 6.01 Å². The molecule has 4 rings (SSSR count). The molecule has 6 nitrogen and oxygen atoms in total. The number of nitrogens with zero attached hydrogens (tertiary/aromatic N) is 2. The van der Waals surface area contributed by atoms with Crippen LogP contribution in [0.25, 0.3) is 11.1 Å². The Hall–Kier alpha value is -2.51. The van der Waals surface area contributed by atoms with Gasteiger partial charge in [-0.25, -0.2) is 0 Å². The molecule has 1 fully saturated rings. The Morgan fingerprint density at radius 3 is 2.85 bits per heavy atom. The van der Waals surface area contributed by atoms with Crippen LogP contribution >= 0.6 is 11.8 Å². The van der Waals surface area contributed by atoms with Gasteiger partial charge >= 0.3 is 0 Å². The first-order valence-corrected chi connectivity index (χ1v) is 9.89. The lowest BCUT2D eigenvalue weighted by Crippen LogP contribution is -2.33. The van der Waals surface area contributed by atoms with Gasteiger partial charge in [0.1, 0.15) is 23.9 Å². The molecule has 1 aliphatic heterocycles. The van der Waals surface area contributed by atoms with E-state index in [2.05, 4.69) is 10.3 Å². The SMILES string of the molecule is CN(CCOc1ccc(C2NCCSC2=O)cc1)c1nc2ccccc2o1. The molecule has 3 aromatic rings. The van der Waals surface area contributed by atoms with Crippen molar-refractivity contribution >= 4 is 34.0 Å². The van der Waals surface area contributed by atoms with Gasteiger partial charge in [-0.05, 0) is 29.8 Å². The fraction of sp³-hybridized carbons (Fsp3) is 0.300. The number of carbonyl (C=O) groups is 1. The lowest BCUT2D eigenvalue weighted by atomic mass is 10.1. The number of benzene rings is 2. The Balaban J connectivity index is 1.31. The van der Waals surface area contributed by atoms with Crippen LogP contribution in [0.5, 0.6) is 5.75 Å². The van der Waals surface area contributed by atoms with Crippen LogP contribution in [0, 0.1) is 0 Å². The predicted molar refractivity (Wildman–Crippen MR) is 107 cm³/mol. The number of hydrogen-bond acceptors (Lipinski definition) is 7. The summed E-state index contributed by atoms with van der Waals surface area (Å²) in [6.07, 6.45) is 0. The Kier molecular flexibility index (Phi) is 5.31. The van der Waals surface area contributed by atoms with Crippen molar-refractivity contribution in [3.05, 3.63) is 54.1 Å². The number of rotatable bonds is 6. The smallest absolute Gasteiger partial charge is 0.298 e. The third-order valence-corrected chi connectivity index (χ3v) is 5.38. The van der Waals surface area contributed by atoms with Crippen molar-refractivity contribution in [3.63, 3.8) is 0 Å². The Labute approximate surface area is 161 Å². The third-order valence-electron chi connectivity index (χ3n) is 4.45. The van der Waals surface area contributed by atoms with Crippen molar-refractivity contribution in [1.82, 2.24) is 10.3 Å². The van der Waals surface area contributed by atoms with Crippen LogP contribution < -0.4 is 15.0 Å². The molecule has 0 bridgehead atoms. The molecule has 140 valence electrons. The van der Waals surface area contributed by atoms with E-state index in [4.69, 9.17) is 9.15 Å². The highest BCUT2D eigenvalue weighted by atomic mass is 32.2. The number of likely N-dealkylation sites (N-methyl/N-ethyl adjacent to an activating group) is 1. The van der Waals surface area contributed by atoms with Gasteiger partial charge in [0.05, 0.1) is 6.54 Å². The zero-order valence-electron chi connectivity index (χ0n) is 15.1. The number of thioether (sulfide) groups is 1. The first-order valence-electron chi connectivity index (χ1n) is 8.90. The Morgan fingerprint density at radius 2 is 2.07 bits per heavy atom. The molecule has 1 N–H and O–H groups in total. The number of nitrogens with one attached hydrogen (secondary N) is 1. The summed E-state index contributed by atoms with van der Waals surface area (Å²) in [5.74, 6) is 1.62. The van der Waals surface area contributed by atoms with Crippen molar-refractivity contribution in [2.75, 3.05) is 37.4 Å². The minimum absolute atomic E-state index is 0.176. The molecule has 1 saturated heterocycles. The number of aromatic nitrogens is 1. The minimum atomic E-state index is -0.219. The molecule has 2 aromatic carbocycles. The second kappa shape index (κ2) is 8.02. The van der Waals surface area contributed by atoms with Gasteiger partial charge in [-0.3, -0.25) is 4.79 Å². The molecule has 1 atom stereocenters. The molecular weight excluding hydrogens is 362 g/mol. The minimum Gasteiger partial charge on any atom is -0.492 e. The number of fused-ring (bicyclic) bond motifs is 1. The van der Waals surface area contributed by atoms with E-state index >= 15 is 0 Å². The maximum absolute atomic E-state index is 12.0. The highest BCUT2D eigenvalue weighted by Crippen LogP contribution is 2.25. The van der Waals surface area contributed by atoms with Crippen LogP contribution in [0.1, 0.15) is 11.6 Å². The van der Waals surface area contributed by atoms with Crippen LogP contribution in [0.15, 0.2) is 52.9 Å². The zero-order chi connectivity index (χ0) is 18.6. The monoisotopic (exact) mass is 383 g/mol. The summed E-state index contributed by atoms with van der Waals surface area (Å²) in [7, 11) is 1.93. The van der Waals surface area contributed by atoms with Gasteiger partial charge in [-0.2, -0.15) is 4.98 Å². The van der Waals surface area contributed by atoms with E-state index in [0.717, 1.165) is 34.7 Å². The molecule has 1 aliphatic rings. The molecule has 1 unspecified atom stereocenters. The highest BCUT2D eigenvalue weighted by Gasteiger charge is 2.23. The van der Waals surface area contributed by atoms with E-state index < -0.39 is 0 Å². The molecule has 0 amide bonds. The number of hydrogen-bond donors (Lipinski definition) is 1. The van der Waals surface area contributed by atoms with Gasteiger partial charge in [-0.1, -0.05) is 36.0 Å². The lowest BCUT2D eigenvalue weighted by Gasteiger charge is -2.22. The maximum Gasteiger partial charge on any atom is 0.298 e. The fourth-order valence-electron chi connectivity index (χ4n) is 2.95. The molecule has 0 aliphatic carbocycles. The standard InChI is InChI=1S/C20H21N3O3S/c1-23(20-22-16-4-2-3-5-17(16)26-20)11-12-25-15-8-6-14(7-9-15)18-19(24)27-13-10-21-18/h2-9,18,21H,10-13H2,1H3. The fourth-order valence-corrected chi connectivity index (χ4v) is 3.76. The molecule has 27 heavy (non-hydrogen) atoms. The average Bonchev–Trinajstić information content (AvgIpc) is 3.13. The number of oxazole rings is 1. The van der Waals surface area contributed by atoms with Crippen LogP contribution in [0.3, 0.4) is 0 Å². The van der Waals surface area contributed by atoms with Gasteiger partial charge in [0.25, 0.3) is 6.01 Å². The summed E-state index contributed by atoms with van der Waals surface area (Å²) in [6.45, 7) is 2.00. The summed E-state index contributed by atoms with van der Waals surface area (Å²) in [6, 6.07) is 15.8. The summed E-state index contributed by atoms with van der Waals surface area (Å²) in [5, 5.41) is 3.43. The van der Waals surface area contributed by atoms with Gasteiger partial charge in [0, 0.05) is 19.3 Å². The van der Waals surface area contributed by atoms with Gasteiger partial charge < -0.3 is 19.4 Å². The second-order valence-corrected chi connectivity index (χ2v) is 7.46. The largest absolute Gasteiger partial charge is 0.492 e. The molecule has 0 spiro atoms. The Bertz CT molecular complexity index is 893. The number of carbonyl (C=O) groups excluding carboxylic acids is 1. The lowest BCUT2D eigenvalue weighted by molar-refractivity contribution is -0.113.